The lowest BCUT2D eigenvalue weighted by Gasteiger charge is -2.29. The molecule has 4 N–H and O–H groups in total. The Morgan fingerprint density at radius 3 is 1.35 bits per heavy atom. The van der Waals surface area contributed by atoms with E-state index in [4.69, 9.17) is 0 Å². The molecule has 0 aliphatic heterocycles. The van der Waals surface area contributed by atoms with Gasteiger partial charge in [0.15, 0.2) is 0 Å². The van der Waals surface area contributed by atoms with Gasteiger partial charge in [0.25, 0.3) is 0 Å². The molecule has 4 heteroatoms. The Kier molecular flexibility index (Phi) is 8.27. The molecule has 2 aromatic carbocycles. The average Bonchev–Trinajstić information content (AvgIpc) is 2.63. The van der Waals surface area contributed by atoms with E-state index in [0.717, 1.165) is 35.3 Å². The Morgan fingerprint density at radius 2 is 1.03 bits per heavy atom. The minimum absolute atomic E-state index is 0.269. The molecule has 2 rings (SSSR count). The van der Waals surface area contributed by atoms with Crippen LogP contribution in [0, 0.1) is 11.8 Å². The van der Waals surface area contributed by atoms with Crippen molar-refractivity contribution >= 4 is 11.4 Å². The van der Waals surface area contributed by atoms with Gasteiger partial charge in [-0.15, -0.1) is 0 Å². The van der Waals surface area contributed by atoms with Gasteiger partial charge in [0.1, 0.15) is 11.5 Å². The molecule has 2 aromatic rings. The fourth-order valence-electron chi connectivity index (χ4n) is 4.31. The fraction of sp³-hybridized carbons (Fsp3) is 0.556. The highest BCUT2D eigenvalue weighted by Gasteiger charge is 2.25. The SMILES string of the molecule is CC(C)CC(C)Nc1cc(C(C)(C)c2ccc(O)c(NC(C)CC(C)C)c2)ccc1O. The highest BCUT2D eigenvalue weighted by Crippen LogP contribution is 2.39. The second-order valence-corrected chi connectivity index (χ2v) is 10.4. The van der Waals surface area contributed by atoms with Crippen LogP contribution in [0.1, 0.15) is 79.4 Å². The van der Waals surface area contributed by atoms with Crippen molar-refractivity contribution in [3.8, 4) is 11.5 Å². The minimum atomic E-state index is -0.295. The van der Waals surface area contributed by atoms with Gasteiger partial charge >= 0.3 is 0 Å². The molecule has 0 aliphatic carbocycles. The Hall–Kier alpha value is -2.36. The lowest BCUT2D eigenvalue weighted by Crippen LogP contribution is -2.22. The molecule has 0 bridgehead atoms. The number of phenolic OH excluding ortho intramolecular Hbond substituents is 2. The maximum absolute atomic E-state index is 10.4. The summed E-state index contributed by atoms with van der Waals surface area (Å²) in [4.78, 5) is 0. The molecule has 2 unspecified atom stereocenters. The Balaban J connectivity index is 2.32. The van der Waals surface area contributed by atoms with Gasteiger partial charge in [0.05, 0.1) is 11.4 Å². The van der Waals surface area contributed by atoms with Crippen molar-refractivity contribution in [2.75, 3.05) is 10.6 Å². The number of hydrogen-bond donors (Lipinski definition) is 4. The molecule has 172 valence electrons. The molecule has 0 saturated heterocycles. The van der Waals surface area contributed by atoms with E-state index in [1.807, 2.05) is 24.3 Å². The van der Waals surface area contributed by atoms with E-state index in [-0.39, 0.29) is 29.0 Å². The van der Waals surface area contributed by atoms with Gasteiger partial charge in [-0.1, -0.05) is 53.7 Å². The first-order valence-electron chi connectivity index (χ1n) is 11.6. The van der Waals surface area contributed by atoms with Crippen molar-refractivity contribution in [3.63, 3.8) is 0 Å². The van der Waals surface area contributed by atoms with Crippen molar-refractivity contribution in [2.24, 2.45) is 11.8 Å². The van der Waals surface area contributed by atoms with Crippen LogP contribution in [0.2, 0.25) is 0 Å². The summed E-state index contributed by atoms with van der Waals surface area (Å²) in [5.41, 5.74) is 3.45. The van der Waals surface area contributed by atoms with Gasteiger partial charge < -0.3 is 20.8 Å². The molecule has 0 aromatic heterocycles. The quantitative estimate of drug-likeness (QED) is 0.305. The van der Waals surface area contributed by atoms with E-state index in [9.17, 15) is 10.2 Å². The second-order valence-electron chi connectivity index (χ2n) is 10.4. The van der Waals surface area contributed by atoms with Crippen LogP contribution in [0.3, 0.4) is 0 Å². The molecule has 0 aliphatic rings. The van der Waals surface area contributed by atoms with Gasteiger partial charge in [-0.3, -0.25) is 0 Å². The van der Waals surface area contributed by atoms with E-state index in [1.165, 1.54) is 0 Å². The van der Waals surface area contributed by atoms with Crippen LogP contribution in [0.15, 0.2) is 36.4 Å². The summed E-state index contributed by atoms with van der Waals surface area (Å²) >= 11 is 0. The zero-order valence-electron chi connectivity index (χ0n) is 20.6. The summed E-state index contributed by atoms with van der Waals surface area (Å²) in [5.74, 6) is 1.71. The second kappa shape index (κ2) is 10.3. The number of anilines is 2. The number of phenols is 2. The number of aromatic hydroxyl groups is 2. The van der Waals surface area contributed by atoms with Crippen molar-refractivity contribution in [3.05, 3.63) is 47.5 Å². The maximum atomic E-state index is 10.4. The predicted molar refractivity (Wildman–Crippen MR) is 133 cm³/mol. The van der Waals surface area contributed by atoms with Gasteiger partial charge in [-0.25, -0.2) is 0 Å². The molecule has 0 fully saturated rings. The summed E-state index contributed by atoms with van der Waals surface area (Å²) in [6, 6.07) is 12.1. The Morgan fingerprint density at radius 1 is 0.677 bits per heavy atom. The zero-order valence-corrected chi connectivity index (χ0v) is 20.6. The molecule has 0 heterocycles. The Bertz CT molecular complexity index is 789. The third-order valence-electron chi connectivity index (χ3n) is 5.89. The smallest absolute Gasteiger partial charge is 0.138 e. The zero-order chi connectivity index (χ0) is 23.3. The molecule has 0 spiro atoms. The number of nitrogens with one attached hydrogen (secondary N) is 2. The molecule has 0 saturated carbocycles. The highest BCUT2D eigenvalue weighted by molar-refractivity contribution is 5.62. The van der Waals surface area contributed by atoms with E-state index >= 15 is 0 Å². The maximum Gasteiger partial charge on any atom is 0.138 e. The monoisotopic (exact) mass is 426 g/mol. The van der Waals surface area contributed by atoms with E-state index in [2.05, 4.69) is 66.0 Å². The van der Waals surface area contributed by atoms with Gasteiger partial charge in [0, 0.05) is 17.5 Å². The van der Waals surface area contributed by atoms with E-state index in [0.29, 0.717) is 11.8 Å². The van der Waals surface area contributed by atoms with Crippen LogP contribution < -0.4 is 10.6 Å². The lowest BCUT2D eigenvalue weighted by molar-refractivity contribution is 0.472. The van der Waals surface area contributed by atoms with Crippen LogP contribution in [0.25, 0.3) is 0 Å². The molecule has 2 atom stereocenters. The standard InChI is InChI=1S/C27H42N2O2/c1-17(2)13-19(5)28-23-15-21(9-11-25(23)30)27(7,8)22-10-12-26(31)24(16-22)29-20(6)14-18(3)4/h9-12,15-20,28-31H,13-14H2,1-8H3. The Labute approximate surface area is 189 Å². The largest absolute Gasteiger partial charge is 0.506 e. The first kappa shape index (κ1) is 24.9. The van der Waals surface area contributed by atoms with Crippen molar-refractivity contribution in [1.82, 2.24) is 0 Å². The molecular weight excluding hydrogens is 384 g/mol. The third kappa shape index (κ3) is 6.81. The molecular formula is C27H42N2O2. The van der Waals surface area contributed by atoms with Gasteiger partial charge in [0.2, 0.25) is 0 Å². The summed E-state index contributed by atoms with van der Waals surface area (Å²) in [5, 5.41) is 27.7. The average molecular weight is 427 g/mol. The number of rotatable bonds is 10. The molecule has 4 nitrogen and oxygen atoms in total. The van der Waals surface area contributed by atoms with Crippen molar-refractivity contribution in [1.29, 1.82) is 0 Å². The molecule has 31 heavy (non-hydrogen) atoms. The first-order valence-corrected chi connectivity index (χ1v) is 11.6. The number of hydrogen-bond acceptors (Lipinski definition) is 4. The topological polar surface area (TPSA) is 64.5 Å². The van der Waals surface area contributed by atoms with Crippen LogP contribution in [0.5, 0.6) is 11.5 Å². The lowest BCUT2D eigenvalue weighted by atomic mass is 9.77. The fourth-order valence-corrected chi connectivity index (χ4v) is 4.31. The minimum Gasteiger partial charge on any atom is -0.506 e. The van der Waals surface area contributed by atoms with Gasteiger partial charge in [-0.2, -0.15) is 0 Å². The van der Waals surface area contributed by atoms with E-state index < -0.39 is 0 Å². The summed E-state index contributed by atoms with van der Waals surface area (Å²) in [6.07, 6.45) is 2.07. The normalized spacial score (nSPS) is 14.0. The van der Waals surface area contributed by atoms with Gasteiger partial charge in [-0.05, 0) is 73.9 Å². The third-order valence-corrected chi connectivity index (χ3v) is 5.89. The van der Waals surface area contributed by atoms with Crippen LogP contribution in [-0.2, 0) is 5.41 Å². The van der Waals surface area contributed by atoms with Crippen LogP contribution in [-0.4, -0.2) is 22.3 Å². The van der Waals surface area contributed by atoms with Crippen molar-refractivity contribution in [2.45, 2.75) is 85.7 Å². The number of benzene rings is 2. The van der Waals surface area contributed by atoms with Crippen molar-refractivity contribution < 1.29 is 10.2 Å². The first-order chi connectivity index (χ1) is 14.4. The predicted octanol–water partition coefficient (Wildman–Crippen LogP) is 7.12. The highest BCUT2D eigenvalue weighted by atomic mass is 16.3. The summed E-state index contributed by atoms with van der Waals surface area (Å²) < 4.78 is 0. The van der Waals surface area contributed by atoms with Crippen LogP contribution >= 0.6 is 0 Å². The van der Waals surface area contributed by atoms with Crippen LogP contribution in [0.4, 0.5) is 11.4 Å². The summed E-state index contributed by atoms with van der Waals surface area (Å²) in [7, 11) is 0. The molecule has 0 radical (unpaired) electrons. The molecule has 0 amide bonds. The van der Waals surface area contributed by atoms with E-state index in [1.54, 1.807) is 12.1 Å². The summed E-state index contributed by atoms with van der Waals surface area (Å²) in [6.45, 7) is 17.5.